The monoisotopic (exact) mass is 458 g/mol. The number of morpholine rings is 1. The highest BCUT2D eigenvalue weighted by molar-refractivity contribution is 6.01. The van der Waals surface area contributed by atoms with Gasteiger partial charge in [-0.2, -0.15) is 0 Å². The van der Waals surface area contributed by atoms with Crippen molar-refractivity contribution in [2.75, 3.05) is 39.4 Å². The molecule has 1 aliphatic rings. The van der Waals surface area contributed by atoms with Gasteiger partial charge in [-0.3, -0.25) is 19.5 Å². The number of hydrogen-bond acceptors (Lipinski definition) is 6. The van der Waals surface area contributed by atoms with E-state index in [0.717, 1.165) is 31.8 Å². The number of halogens is 2. The van der Waals surface area contributed by atoms with Crippen molar-refractivity contribution in [2.24, 2.45) is 0 Å². The summed E-state index contributed by atoms with van der Waals surface area (Å²) in [6.45, 7) is 4.23. The highest BCUT2D eigenvalue weighted by Crippen LogP contribution is 2.24. The second-order valence-electron chi connectivity index (χ2n) is 7.89. The summed E-state index contributed by atoms with van der Waals surface area (Å²) in [7, 11) is 0. The van der Waals surface area contributed by atoms with E-state index in [4.69, 9.17) is 4.74 Å². The number of benzene rings is 1. The lowest BCUT2D eigenvalue weighted by molar-refractivity contribution is 0.0374. The van der Waals surface area contributed by atoms with Gasteiger partial charge >= 0.3 is 0 Å². The van der Waals surface area contributed by atoms with Crippen molar-refractivity contribution in [1.82, 2.24) is 20.2 Å². The highest BCUT2D eigenvalue weighted by atomic mass is 19.1. The quantitative estimate of drug-likeness (QED) is 0.467. The van der Waals surface area contributed by atoms with E-state index < -0.39 is 34.4 Å². The average Bonchev–Trinajstić information content (AvgIpc) is 2.79. The van der Waals surface area contributed by atoms with E-state index >= 15 is 0 Å². The van der Waals surface area contributed by atoms with Gasteiger partial charge in [-0.1, -0.05) is 6.07 Å². The molecule has 0 radical (unpaired) electrons. The number of carbonyl (C=O) groups excluding carboxylic acids is 1. The normalized spacial score (nSPS) is 14.5. The smallest absolute Gasteiger partial charge is 0.265 e. The maximum Gasteiger partial charge on any atom is 0.265 e. The van der Waals surface area contributed by atoms with Crippen LogP contribution in [0.1, 0.15) is 27.9 Å². The Morgan fingerprint density at radius 3 is 2.79 bits per heavy atom. The Kier molecular flexibility index (Phi) is 6.95. The Bertz CT molecular complexity index is 1230. The summed E-state index contributed by atoms with van der Waals surface area (Å²) in [6, 6.07) is 4.83. The van der Waals surface area contributed by atoms with Crippen molar-refractivity contribution < 1.29 is 23.4 Å². The third kappa shape index (κ3) is 5.35. The third-order valence-corrected chi connectivity index (χ3v) is 5.56. The molecule has 2 aromatic heterocycles. The van der Waals surface area contributed by atoms with Crippen LogP contribution in [0, 0.1) is 11.6 Å². The Morgan fingerprint density at radius 1 is 1.24 bits per heavy atom. The first-order valence-corrected chi connectivity index (χ1v) is 10.7. The predicted molar refractivity (Wildman–Crippen MR) is 117 cm³/mol. The van der Waals surface area contributed by atoms with Crippen LogP contribution in [0.15, 0.2) is 35.3 Å². The first-order valence-electron chi connectivity index (χ1n) is 10.7. The minimum Gasteiger partial charge on any atom is -0.505 e. The summed E-state index contributed by atoms with van der Waals surface area (Å²) in [5.41, 5.74) is -0.0883. The van der Waals surface area contributed by atoms with Gasteiger partial charge < -0.3 is 20.1 Å². The van der Waals surface area contributed by atoms with Crippen LogP contribution in [0.3, 0.4) is 0 Å². The molecule has 0 unspecified atom stereocenters. The van der Waals surface area contributed by atoms with E-state index in [2.05, 4.69) is 20.2 Å². The molecule has 0 bridgehead atoms. The standard InChI is InChI=1S/C23H24F2N4O4/c24-16-3-2-15(17(25)12-16)10-14-11-18-20(27-13-14)21(30)19(23(32)28-18)22(31)26-4-1-5-29-6-8-33-9-7-29/h2-3,11-13H,1,4-10H2,(H,26,31)(H2,28,30,32). The number of hydrogen-bond donors (Lipinski definition) is 3. The molecule has 0 spiro atoms. The number of rotatable bonds is 7. The van der Waals surface area contributed by atoms with E-state index in [9.17, 15) is 23.5 Å². The summed E-state index contributed by atoms with van der Waals surface area (Å²) in [5, 5.41) is 13.2. The Hall–Kier alpha value is -3.37. The number of aromatic hydroxyl groups is 1. The SMILES string of the molecule is O=C(NCCCN1CCOCC1)c1c(O)c2ncc(Cc3ccc(F)cc3F)cc2[nH]c1=O. The first-order chi connectivity index (χ1) is 15.9. The molecule has 1 fully saturated rings. The fourth-order valence-corrected chi connectivity index (χ4v) is 3.81. The number of aromatic nitrogens is 2. The minimum absolute atomic E-state index is 0.0522. The van der Waals surface area contributed by atoms with Gasteiger partial charge in [0.1, 0.15) is 22.7 Å². The lowest BCUT2D eigenvalue weighted by Crippen LogP contribution is -2.38. The van der Waals surface area contributed by atoms with E-state index in [1.165, 1.54) is 18.3 Å². The van der Waals surface area contributed by atoms with Gasteiger partial charge in [0.25, 0.3) is 11.5 Å². The molecule has 3 aromatic rings. The molecule has 10 heteroatoms. The van der Waals surface area contributed by atoms with E-state index in [-0.39, 0.29) is 23.0 Å². The number of carbonyl (C=O) groups is 1. The number of nitrogens with zero attached hydrogens (tertiary/aromatic N) is 2. The second kappa shape index (κ2) is 10.1. The maximum absolute atomic E-state index is 13.9. The fraction of sp³-hybridized carbons (Fsp3) is 0.348. The number of aromatic amines is 1. The lowest BCUT2D eigenvalue weighted by atomic mass is 10.0. The minimum atomic E-state index is -0.752. The molecule has 1 aliphatic heterocycles. The maximum atomic E-state index is 13.9. The van der Waals surface area contributed by atoms with Crippen LogP contribution >= 0.6 is 0 Å². The molecule has 33 heavy (non-hydrogen) atoms. The molecular weight excluding hydrogens is 434 g/mol. The molecule has 1 saturated heterocycles. The Balaban J connectivity index is 1.46. The molecule has 0 atom stereocenters. The molecule has 174 valence electrons. The number of nitrogens with one attached hydrogen (secondary N) is 2. The highest BCUT2D eigenvalue weighted by Gasteiger charge is 2.20. The molecule has 4 rings (SSSR count). The molecule has 0 saturated carbocycles. The molecule has 1 amide bonds. The van der Waals surface area contributed by atoms with Crippen molar-refractivity contribution in [3.63, 3.8) is 0 Å². The summed E-state index contributed by atoms with van der Waals surface area (Å²) in [5.74, 6) is -2.56. The summed E-state index contributed by atoms with van der Waals surface area (Å²) < 4.78 is 32.3. The van der Waals surface area contributed by atoms with Gasteiger partial charge in [0, 0.05) is 38.3 Å². The van der Waals surface area contributed by atoms with Gasteiger partial charge in [0.05, 0.1) is 18.7 Å². The van der Waals surface area contributed by atoms with E-state index in [0.29, 0.717) is 31.7 Å². The zero-order chi connectivity index (χ0) is 23.4. The number of amides is 1. The number of H-pyrrole nitrogens is 1. The second-order valence-corrected chi connectivity index (χ2v) is 7.89. The third-order valence-electron chi connectivity index (χ3n) is 5.56. The van der Waals surface area contributed by atoms with Crippen molar-refractivity contribution in [1.29, 1.82) is 0 Å². The number of ether oxygens (including phenoxy) is 1. The summed E-state index contributed by atoms with van der Waals surface area (Å²) >= 11 is 0. The summed E-state index contributed by atoms with van der Waals surface area (Å²) in [4.78, 5) is 34.0. The van der Waals surface area contributed by atoms with Crippen LogP contribution in [-0.2, 0) is 11.2 Å². The topological polar surface area (TPSA) is 108 Å². The van der Waals surface area contributed by atoms with Crippen molar-refractivity contribution >= 4 is 16.9 Å². The molecule has 3 heterocycles. The molecular formula is C23H24F2N4O4. The van der Waals surface area contributed by atoms with Gasteiger partial charge in [0.2, 0.25) is 0 Å². The zero-order valence-corrected chi connectivity index (χ0v) is 17.9. The van der Waals surface area contributed by atoms with Crippen LogP contribution < -0.4 is 10.9 Å². The van der Waals surface area contributed by atoms with Gasteiger partial charge in [0.15, 0.2) is 5.75 Å². The molecule has 0 aliphatic carbocycles. The zero-order valence-electron chi connectivity index (χ0n) is 17.9. The van der Waals surface area contributed by atoms with Crippen molar-refractivity contribution in [3.05, 3.63) is 69.1 Å². The van der Waals surface area contributed by atoms with Crippen molar-refractivity contribution in [3.8, 4) is 5.75 Å². The molecule has 1 aromatic carbocycles. The van der Waals surface area contributed by atoms with Crippen LogP contribution in [0.25, 0.3) is 11.0 Å². The number of pyridine rings is 2. The van der Waals surface area contributed by atoms with Gasteiger partial charge in [-0.15, -0.1) is 0 Å². The van der Waals surface area contributed by atoms with Gasteiger partial charge in [-0.05, 0) is 36.2 Å². The van der Waals surface area contributed by atoms with Crippen LogP contribution in [-0.4, -0.2) is 65.3 Å². The van der Waals surface area contributed by atoms with Crippen LogP contribution in [0.5, 0.6) is 5.75 Å². The van der Waals surface area contributed by atoms with E-state index in [1.807, 2.05) is 0 Å². The molecule has 8 nitrogen and oxygen atoms in total. The molecule has 3 N–H and O–H groups in total. The Morgan fingerprint density at radius 2 is 2.03 bits per heavy atom. The largest absolute Gasteiger partial charge is 0.505 e. The van der Waals surface area contributed by atoms with E-state index in [1.54, 1.807) is 0 Å². The van der Waals surface area contributed by atoms with Crippen molar-refractivity contribution in [2.45, 2.75) is 12.8 Å². The van der Waals surface area contributed by atoms with Crippen LogP contribution in [0.4, 0.5) is 8.78 Å². The summed E-state index contributed by atoms with van der Waals surface area (Å²) in [6.07, 6.45) is 2.22. The number of fused-ring (bicyclic) bond motifs is 1. The van der Waals surface area contributed by atoms with Gasteiger partial charge in [-0.25, -0.2) is 8.78 Å². The predicted octanol–water partition coefficient (Wildman–Crippen LogP) is 1.95. The first kappa shape index (κ1) is 22.8. The van der Waals surface area contributed by atoms with Crippen LogP contribution in [0.2, 0.25) is 0 Å². The Labute approximate surface area is 188 Å². The lowest BCUT2D eigenvalue weighted by Gasteiger charge is -2.26. The fourth-order valence-electron chi connectivity index (χ4n) is 3.81. The average molecular weight is 458 g/mol.